The second-order valence-electron chi connectivity index (χ2n) is 8.90. The maximum atomic E-state index is 13.1. The van der Waals surface area contributed by atoms with Crippen molar-refractivity contribution in [3.05, 3.63) is 64.0 Å². The van der Waals surface area contributed by atoms with Crippen molar-refractivity contribution in [3.8, 4) is 11.3 Å². The second-order valence-corrected chi connectivity index (χ2v) is 11.7. The van der Waals surface area contributed by atoms with Crippen molar-refractivity contribution >= 4 is 32.4 Å². The van der Waals surface area contributed by atoms with Crippen molar-refractivity contribution in [2.75, 3.05) is 18.4 Å². The third-order valence-electron chi connectivity index (χ3n) is 5.93. The van der Waals surface area contributed by atoms with Gasteiger partial charge < -0.3 is 0 Å². The molecular formula is C27H35N3O3S2. The zero-order valence-corrected chi connectivity index (χ0v) is 22.9. The van der Waals surface area contributed by atoms with Crippen LogP contribution in [0.3, 0.4) is 0 Å². The summed E-state index contributed by atoms with van der Waals surface area (Å²) in [6.45, 7) is 11.3. The van der Waals surface area contributed by atoms with Crippen molar-refractivity contribution in [1.82, 2.24) is 9.29 Å². The number of aryl methyl sites for hydroxylation is 3. The molecule has 0 aliphatic heterocycles. The van der Waals surface area contributed by atoms with E-state index in [0.29, 0.717) is 23.8 Å². The molecule has 0 atom stereocenters. The minimum absolute atomic E-state index is 0.211. The Balaban J connectivity index is 1.74. The summed E-state index contributed by atoms with van der Waals surface area (Å²) < 4.78 is 27.9. The van der Waals surface area contributed by atoms with Crippen LogP contribution in [0.1, 0.15) is 66.6 Å². The number of anilines is 1. The fraction of sp³-hybridized carbons (Fsp3) is 0.407. The Morgan fingerprint density at radius 3 is 2.09 bits per heavy atom. The fourth-order valence-corrected chi connectivity index (χ4v) is 6.36. The van der Waals surface area contributed by atoms with Crippen LogP contribution in [0.15, 0.2) is 46.7 Å². The van der Waals surface area contributed by atoms with E-state index >= 15 is 0 Å². The molecule has 0 fully saturated rings. The Kier molecular flexibility index (Phi) is 9.21. The van der Waals surface area contributed by atoms with Gasteiger partial charge in [0.1, 0.15) is 0 Å². The Hall–Kier alpha value is -2.55. The molecule has 1 heterocycles. The van der Waals surface area contributed by atoms with Crippen LogP contribution in [0.5, 0.6) is 0 Å². The molecule has 0 radical (unpaired) electrons. The maximum absolute atomic E-state index is 13.1. The minimum atomic E-state index is -3.59. The van der Waals surface area contributed by atoms with E-state index in [0.717, 1.165) is 48.1 Å². The van der Waals surface area contributed by atoms with Gasteiger partial charge in [0.05, 0.1) is 10.6 Å². The fourth-order valence-electron chi connectivity index (χ4n) is 4.15. The van der Waals surface area contributed by atoms with Crippen LogP contribution in [-0.2, 0) is 10.0 Å². The molecule has 0 aliphatic carbocycles. The number of hydrogen-bond acceptors (Lipinski definition) is 5. The number of nitrogens with one attached hydrogen (secondary N) is 1. The number of aromatic nitrogens is 1. The van der Waals surface area contributed by atoms with Crippen LogP contribution in [0.4, 0.5) is 5.13 Å². The Labute approximate surface area is 213 Å². The summed E-state index contributed by atoms with van der Waals surface area (Å²) in [6.07, 6.45) is 3.50. The largest absolute Gasteiger partial charge is 0.298 e. The third kappa shape index (κ3) is 6.57. The summed E-state index contributed by atoms with van der Waals surface area (Å²) in [4.78, 5) is 17.6. The first-order valence-electron chi connectivity index (χ1n) is 12.1. The van der Waals surface area contributed by atoms with Crippen LogP contribution < -0.4 is 5.32 Å². The van der Waals surface area contributed by atoms with Crippen LogP contribution in [0, 0.1) is 20.8 Å². The van der Waals surface area contributed by atoms with Gasteiger partial charge in [0.15, 0.2) is 5.13 Å². The molecule has 2 aromatic carbocycles. The van der Waals surface area contributed by atoms with Crippen LogP contribution in [0.25, 0.3) is 11.3 Å². The lowest BCUT2D eigenvalue weighted by Gasteiger charge is -2.22. The first-order valence-corrected chi connectivity index (χ1v) is 14.4. The lowest BCUT2D eigenvalue weighted by Crippen LogP contribution is -2.33. The summed E-state index contributed by atoms with van der Waals surface area (Å²) in [5, 5.41) is 5.29. The van der Waals surface area contributed by atoms with E-state index < -0.39 is 10.0 Å². The Bertz CT molecular complexity index is 1230. The van der Waals surface area contributed by atoms with Gasteiger partial charge in [-0.05, 0) is 69.0 Å². The van der Waals surface area contributed by atoms with Gasteiger partial charge in [-0.1, -0.05) is 44.4 Å². The molecule has 0 saturated heterocycles. The summed E-state index contributed by atoms with van der Waals surface area (Å²) in [5.41, 5.74) is 5.80. The van der Waals surface area contributed by atoms with Gasteiger partial charge in [-0.15, -0.1) is 11.3 Å². The lowest BCUT2D eigenvalue weighted by atomic mass is 9.98. The second kappa shape index (κ2) is 11.9. The standard InChI is InChI=1S/C27H35N3O3S2/c1-6-8-14-30(15-9-7-2)35(32,33)23-12-10-22(11-13-23)26(31)29-27-28-24(18-34-27)25-20(4)16-19(3)17-21(25)5/h10-13,16-18H,6-9,14-15H2,1-5H3,(H,28,29,31). The van der Waals surface area contributed by atoms with Crippen molar-refractivity contribution in [2.24, 2.45) is 0 Å². The highest BCUT2D eigenvalue weighted by atomic mass is 32.2. The van der Waals surface area contributed by atoms with Crippen molar-refractivity contribution < 1.29 is 13.2 Å². The molecule has 0 unspecified atom stereocenters. The molecule has 1 N–H and O–H groups in total. The SMILES string of the molecule is CCCCN(CCCC)S(=O)(=O)c1ccc(C(=O)Nc2nc(-c3c(C)cc(C)cc3C)cs2)cc1. The molecule has 0 aliphatic rings. The van der Waals surface area contributed by atoms with E-state index in [1.807, 2.05) is 19.2 Å². The van der Waals surface area contributed by atoms with Crippen LogP contribution in [-0.4, -0.2) is 36.7 Å². The number of hydrogen-bond donors (Lipinski definition) is 1. The molecule has 0 bridgehead atoms. The van der Waals surface area contributed by atoms with Crippen molar-refractivity contribution in [3.63, 3.8) is 0 Å². The highest BCUT2D eigenvalue weighted by Crippen LogP contribution is 2.31. The quantitative estimate of drug-likeness (QED) is 0.314. The van der Waals surface area contributed by atoms with Gasteiger partial charge in [-0.3, -0.25) is 10.1 Å². The zero-order chi connectivity index (χ0) is 25.6. The van der Waals surface area contributed by atoms with E-state index in [1.165, 1.54) is 29.0 Å². The van der Waals surface area contributed by atoms with E-state index in [4.69, 9.17) is 0 Å². The van der Waals surface area contributed by atoms with E-state index in [2.05, 4.69) is 43.2 Å². The van der Waals surface area contributed by atoms with Gasteiger partial charge in [0.25, 0.3) is 5.91 Å². The minimum Gasteiger partial charge on any atom is -0.298 e. The van der Waals surface area contributed by atoms with Gasteiger partial charge in [-0.2, -0.15) is 4.31 Å². The predicted octanol–water partition coefficient (Wildman–Crippen LogP) is 6.58. The number of rotatable bonds is 11. The summed E-state index contributed by atoms with van der Waals surface area (Å²) in [7, 11) is -3.59. The molecular weight excluding hydrogens is 478 g/mol. The number of sulfonamides is 1. The molecule has 188 valence electrons. The van der Waals surface area contributed by atoms with E-state index in [1.54, 1.807) is 16.4 Å². The average Bonchev–Trinajstić information content (AvgIpc) is 3.26. The molecule has 3 aromatic rings. The highest BCUT2D eigenvalue weighted by Gasteiger charge is 2.24. The van der Waals surface area contributed by atoms with Crippen molar-refractivity contribution in [1.29, 1.82) is 0 Å². The van der Waals surface area contributed by atoms with E-state index in [-0.39, 0.29) is 10.8 Å². The number of unbranched alkanes of at least 4 members (excludes halogenated alkanes) is 2. The number of benzene rings is 2. The van der Waals surface area contributed by atoms with E-state index in [9.17, 15) is 13.2 Å². The maximum Gasteiger partial charge on any atom is 0.257 e. The van der Waals surface area contributed by atoms with Gasteiger partial charge in [-0.25, -0.2) is 13.4 Å². The first kappa shape index (κ1) is 27.0. The molecule has 0 saturated carbocycles. The number of nitrogens with zero attached hydrogens (tertiary/aromatic N) is 2. The van der Waals surface area contributed by atoms with Crippen LogP contribution >= 0.6 is 11.3 Å². The monoisotopic (exact) mass is 513 g/mol. The summed E-state index contributed by atoms with van der Waals surface area (Å²) >= 11 is 1.37. The molecule has 6 nitrogen and oxygen atoms in total. The third-order valence-corrected chi connectivity index (χ3v) is 8.60. The predicted molar refractivity (Wildman–Crippen MR) is 145 cm³/mol. The number of carbonyl (C=O) groups is 1. The van der Waals surface area contributed by atoms with Gasteiger partial charge >= 0.3 is 0 Å². The molecule has 1 aromatic heterocycles. The summed E-state index contributed by atoms with van der Waals surface area (Å²) in [6, 6.07) is 10.4. The lowest BCUT2D eigenvalue weighted by molar-refractivity contribution is 0.102. The highest BCUT2D eigenvalue weighted by molar-refractivity contribution is 7.89. The Morgan fingerprint density at radius 1 is 0.971 bits per heavy atom. The van der Waals surface area contributed by atoms with Gasteiger partial charge in [0.2, 0.25) is 10.0 Å². The normalized spacial score (nSPS) is 11.7. The molecule has 1 amide bonds. The number of amides is 1. The molecule has 8 heteroatoms. The molecule has 3 rings (SSSR count). The van der Waals surface area contributed by atoms with Crippen LogP contribution in [0.2, 0.25) is 0 Å². The zero-order valence-electron chi connectivity index (χ0n) is 21.2. The topological polar surface area (TPSA) is 79.4 Å². The average molecular weight is 514 g/mol. The number of thiazole rings is 1. The smallest absolute Gasteiger partial charge is 0.257 e. The number of carbonyl (C=O) groups excluding carboxylic acids is 1. The van der Waals surface area contributed by atoms with Gasteiger partial charge in [0, 0.05) is 29.6 Å². The Morgan fingerprint density at radius 2 is 1.54 bits per heavy atom. The summed E-state index contributed by atoms with van der Waals surface area (Å²) in [5.74, 6) is -0.318. The molecule has 35 heavy (non-hydrogen) atoms. The first-order chi connectivity index (χ1) is 16.7. The van der Waals surface area contributed by atoms with Crippen molar-refractivity contribution in [2.45, 2.75) is 65.2 Å². The molecule has 0 spiro atoms.